The third kappa shape index (κ3) is 5.09. The molecular formula is C34H42FO11P. The minimum atomic E-state index is -4.24. The number of alkyl halides is 1. The molecule has 4 fully saturated rings. The predicted octanol–water partition coefficient (Wildman–Crippen LogP) is 4.25. The number of carbonyl (C=O) groups is 3. The summed E-state index contributed by atoms with van der Waals surface area (Å²) in [6.45, 7) is 5.64. The summed E-state index contributed by atoms with van der Waals surface area (Å²) in [7, 11) is -4.24. The maximum Gasteiger partial charge on any atom is 0.385 e. The lowest BCUT2D eigenvalue weighted by Crippen LogP contribution is -2.69. The second-order valence-corrected chi connectivity index (χ2v) is 15.7. The lowest BCUT2D eigenvalue weighted by Gasteiger charge is -2.62. The van der Waals surface area contributed by atoms with Gasteiger partial charge in [-0.15, -0.1) is 0 Å². The quantitative estimate of drug-likeness (QED) is 0.270. The van der Waals surface area contributed by atoms with Gasteiger partial charge < -0.3 is 28.9 Å². The van der Waals surface area contributed by atoms with Gasteiger partial charge in [-0.05, 0) is 76.7 Å². The first-order valence-corrected chi connectivity index (χ1v) is 17.9. The van der Waals surface area contributed by atoms with Crippen molar-refractivity contribution < 1.29 is 56.8 Å². The maximum atomic E-state index is 17.6. The molecule has 5 aliphatic rings. The Morgan fingerprint density at radius 3 is 2.60 bits per heavy atom. The fourth-order valence-electron chi connectivity index (χ4n) is 9.20. The molecule has 4 aliphatic carbocycles. The van der Waals surface area contributed by atoms with E-state index >= 15 is 4.39 Å². The molecule has 0 bridgehead atoms. The van der Waals surface area contributed by atoms with Crippen LogP contribution >= 0.6 is 7.60 Å². The molecule has 0 aromatic heterocycles. The van der Waals surface area contributed by atoms with Crippen LogP contribution < -0.4 is 4.52 Å². The van der Waals surface area contributed by atoms with E-state index in [0.717, 1.165) is 0 Å². The summed E-state index contributed by atoms with van der Waals surface area (Å²) in [5, 5.41) is 22.0. The van der Waals surface area contributed by atoms with Crippen LogP contribution in [0.25, 0.3) is 0 Å². The molecule has 13 heteroatoms. The van der Waals surface area contributed by atoms with Gasteiger partial charge in [-0.3, -0.25) is 14.1 Å². The van der Waals surface area contributed by atoms with Crippen LogP contribution in [-0.2, 0) is 37.7 Å². The number of hydrogen-bond donors (Lipinski definition) is 2. The molecule has 47 heavy (non-hydrogen) atoms. The normalized spacial score (nSPS) is 40.6. The molecule has 0 radical (unpaired) electrons. The minimum Gasteiger partial charge on any atom is -0.464 e. The first kappa shape index (κ1) is 34.1. The number of para-hydroxylation sites is 1. The Labute approximate surface area is 273 Å². The van der Waals surface area contributed by atoms with Gasteiger partial charge in [0.05, 0.1) is 18.8 Å². The van der Waals surface area contributed by atoms with E-state index in [4.69, 9.17) is 23.3 Å². The topological polar surface area (TPSA) is 155 Å². The average Bonchev–Trinajstić information content (AvgIpc) is 3.49. The number of ether oxygens (including phenoxy) is 3. The average molecular weight is 677 g/mol. The Kier molecular flexibility index (Phi) is 8.72. The van der Waals surface area contributed by atoms with Gasteiger partial charge in [-0.1, -0.05) is 36.8 Å². The number of halogens is 1. The van der Waals surface area contributed by atoms with E-state index in [2.05, 4.69) is 0 Å². The molecule has 1 heterocycles. The Bertz CT molecular complexity index is 1550. The molecule has 1 aliphatic heterocycles. The van der Waals surface area contributed by atoms with Crippen LogP contribution in [0.3, 0.4) is 0 Å². The van der Waals surface area contributed by atoms with Gasteiger partial charge >= 0.3 is 13.6 Å². The molecule has 0 amide bonds. The van der Waals surface area contributed by atoms with Crippen molar-refractivity contribution in [2.75, 3.05) is 19.4 Å². The molecule has 0 spiro atoms. The van der Waals surface area contributed by atoms with E-state index in [-0.39, 0.29) is 31.0 Å². The highest BCUT2D eigenvalue weighted by molar-refractivity contribution is 7.54. The summed E-state index contributed by atoms with van der Waals surface area (Å²) >= 11 is 0. The van der Waals surface area contributed by atoms with Crippen LogP contribution in [0.2, 0.25) is 0 Å². The van der Waals surface area contributed by atoms with Crippen molar-refractivity contribution in [3.63, 3.8) is 0 Å². The lowest BCUT2D eigenvalue weighted by molar-refractivity contribution is -0.229. The van der Waals surface area contributed by atoms with Crippen molar-refractivity contribution in [1.82, 2.24) is 0 Å². The molecule has 2 N–H and O–H groups in total. The summed E-state index contributed by atoms with van der Waals surface area (Å²) in [5.74, 6) is -2.70. The van der Waals surface area contributed by atoms with Crippen molar-refractivity contribution >= 4 is 25.1 Å². The number of hydrogen-bond acceptors (Lipinski definition) is 11. The Morgan fingerprint density at radius 2 is 1.91 bits per heavy atom. The summed E-state index contributed by atoms with van der Waals surface area (Å²) in [4.78, 5) is 38.4. The number of allylic oxidation sites excluding steroid dienone is 4. The second-order valence-electron chi connectivity index (χ2n) is 13.7. The molecule has 11 nitrogen and oxygen atoms in total. The highest BCUT2D eigenvalue weighted by atomic mass is 31.2. The van der Waals surface area contributed by atoms with E-state index in [0.29, 0.717) is 18.4 Å². The second kappa shape index (κ2) is 12.0. The summed E-state index contributed by atoms with van der Waals surface area (Å²) in [5.41, 5.74) is -5.74. The Morgan fingerprint density at radius 1 is 1.19 bits per heavy atom. The zero-order valence-corrected chi connectivity index (χ0v) is 27.8. The van der Waals surface area contributed by atoms with Crippen LogP contribution in [0.4, 0.5) is 4.39 Å². The summed E-state index contributed by atoms with van der Waals surface area (Å²) in [6.07, 6.45) is -0.565. The van der Waals surface area contributed by atoms with E-state index < -0.39 is 90.7 Å². The van der Waals surface area contributed by atoms with Crippen molar-refractivity contribution in [2.24, 2.45) is 22.7 Å². The van der Waals surface area contributed by atoms with Gasteiger partial charge in [0.25, 0.3) is 0 Å². The van der Waals surface area contributed by atoms with Gasteiger partial charge in [0.1, 0.15) is 18.5 Å². The highest BCUT2D eigenvalue weighted by Crippen LogP contribution is 2.72. The molecule has 6 rings (SSSR count). The smallest absolute Gasteiger partial charge is 0.385 e. The van der Waals surface area contributed by atoms with Crippen LogP contribution in [0.15, 0.2) is 54.1 Å². The van der Waals surface area contributed by atoms with Crippen LogP contribution in [0.1, 0.15) is 53.4 Å². The third-order valence-electron chi connectivity index (χ3n) is 11.3. The minimum absolute atomic E-state index is 0.0800. The molecule has 1 aromatic carbocycles. The van der Waals surface area contributed by atoms with E-state index in [1.54, 1.807) is 57.2 Å². The summed E-state index contributed by atoms with van der Waals surface area (Å²) in [6, 6.07) is 8.20. The predicted molar refractivity (Wildman–Crippen MR) is 165 cm³/mol. The highest BCUT2D eigenvalue weighted by Gasteiger charge is 2.79. The zero-order chi connectivity index (χ0) is 34.0. The molecule has 11 atom stereocenters. The number of aliphatic hydroxyl groups is 2. The monoisotopic (exact) mass is 676 g/mol. The van der Waals surface area contributed by atoms with Gasteiger partial charge in [0, 0.05) is 16.7 Å². The summed E-state index contributed by atoms with van der Waals surface area (Å²) < 4.78 is 61.2. The number of carbonyl (C=O) groups excluding carboxylic acids is 3. The van der Waals surface area contributed by atoms with Crippen LogP contribution in [0, 0.1) is 22.7 Å². The largest absolute Gasteiger partial charge is 0.464 e. The van der Waals surface area contributed by atoms with Gasteiger partial charge in [-0.2, -0.15) is 0 Å². The molecule has 3 saturated carbocycles. The number of ketones is 2. The maximum absolute atomic E-state index is 17.6. The van der Waals surface area contributed by atoms with Gasteiger partial charge in [0.15, 0.2) is 35.2 Å². The number of Topliss-reactive ketones (excluding diaryl/α,β-unsaturated/α-hetero) is 1. The fourth-order valence-corrected chi connectivity index (χ4v) is 10.9. The molecule has 256 valence electrons. The molecule has 1 aromatic rings. The van der Waals surface area contributed by atoms with E-state index in [1.165, 1.54) is 19.1 Å². The van der Waals surface area contributed by atoms with Crippen molar-refractivity contribution in [1.29, 1.82) is 0 Å². The third-order valence-corrected chi connectivity index (χ3v) is 13.2. The number of benzene rings is 1. The fraction of sp³-hybridized carbons (Fsp3) is 0.618. The number of fused-ring (bicyclic) bond motifs is 7. The molecular weight excluding hydrogens is 634 g/mol. The van der Waals surface area contributed by atoms with Crippen LogP contribution in [0.5, 0.6) is 5.75 Å². The standard InChI is InChI=1S/C34H42FO11P/c1-5-42-30(40)20(2)45-47(41,46-23-9-7-6-8-10-23)19-29-43-28-16-25-24-12-11-21-15-22(37)13-14-31(21,3)33(24,35)26(38)17-32(25,4)34(28,44-29)27(39)18-36/h6-10,13-15,20,24-26,28-29,36,38H,5,11-12,16-19H2,1-4H3/t20-,24+,25+,26+,28-,29?,31+,32+,33+,34-,47?/m1/s1. The van der Waals surface area contributed by atoms with Gasteiger partial charge in [0.2, 0.25) is 0 Å². The van der Waals surface area contributed by atoms with E-state index in [1.807, 2.05) is 0 Å². The first-order valence-electron chi connectivity index (χ1n) is 16.1. The van der Waals surface area contributed by atoms with Gasteiger partial charge in [-0.25, -0.2) is 13.8 Å². The Balaban J connectivity index is 1.32. The Hall–Kier alpha value is -2.73. The number of aliphatic hydroxyl groups excluding tert-OH is 2. The number of esters is 1. The SMILES string of the molecule is CCOC(=O)[C@@H](C)OP(=O)(CC1O[C@@H]2C[C@H]3[C@@H]4CCC5=CC(=O)C=C[C@]5(C)[C@@]4(F)[C@@H](O)C[C@]3(C)[C@]2(C(=O)CO)O1)Oc1ccccc1. The van der Waals surface area contributed by atoms with Crippen molar-refractivity contribution in [2.45, 2.75) is 89.2 Å². The zero-order valence-electron chi connectivity index (χ0n) is 26.9. The van der Waals surface area contributed by atoms with E-state index in [9.17, 15) is 29.2 Å². The molecule has 2 unspecified atom stereocenters. The molecule has 1 saturated heterocycles. The lowest BCUT2D eigenvalue weighted by atomic mass is 9.44. The van der Waals surface area contributed by atoms with Crippen molar-refractivity contribution in [3.05, 3.63) is 54.1 Å². The first-order chi connectivity index (χ1) is 22.2. The van der Waals surface area contributed by atoms with Crippen LogP contribution in [-0.4, -0.2) is 83.0 Å². The number of rotatable bonds is 10. The van der Waals surface area contributed by atoms with Crippen molar-refractivity contribution in [3.8, 4) is 5.75 Å².